The molecule has 2 saturated heterocycles. The van der Waals surface area contributed by atoms with Crippen LogP contribution in [0.15, 0.2) is 30.3 Å². The first-order valence-corrected chi connectivity index (χ1v) is 21.6. The van der Waals surface area contributed by atoms with Crippen molar-refractivity contribution in [2.75, 3.05) is 53.2 Å². The second-order valence-corrected chi connectivity index (χ2v) is 16.0. The quantitative estimate of drug-likeness (QED) is 0.0561. The van der Waals surface area contributed by atoms with Crippen molar-refractivity contribution in [2.24, 2.45) is 11.8 Å². The molecule has 2 aliphatic heterocycles. The van der Waals surface area contributed by atoms with Gasteiger partial charge < -0.3 is 63.9 Å². The molecule has 0 bridgehead atoms. The minimum absolute atomic E-state index is 0.00963. The molecule has 63 heavy (non-hydrogen) atoms. The van der Waals surface area contributed by atoms with Gasteiger partial charge in [-0.25, -0.2) is 28.8 Å². The van der Waals surface area contributed by atoms with Gasteiger partial charge in [0.15, 0.2) is 12.2 Å². The van der Waals surface area contributed by atoms with E-state index in [0.717, 1.165) is 18.5 Å². The van der Waals surface area contributed by atoms with Crippen LogP contribution >= 0.6 is 0 Å². The molecule has 2 fully saturated rings. The number of unbranched alkanes of at least 4 members (excludes halogenated alkanes) is 1. The molecule has 2 aliphatic rings. The molecule has 0 saturated carbocycles. The van der Waals surface area contributed by atoms with Gasteiger partial charge in [0.2, 0.25) is 0 Å². The monoisotopic (exact) mass is 894 g/mol. The van der Waals surface area contributed by atoms with Crippen molar-refractivity contribution in [3.8, 4) is 0 Å². The predicted molar refractivity (Wildman–Crippen MR) is 223 cm³/mol. The number of alkyl carbamates (subject to hydrolysis) is 3. The lowest BCUT2D eigenvalue weighted by molar-refractivity contribution is -0.158. The summed E-state index contributed by atoms with van der Waals surface area (Å²) in [6.45, 7) is 9.27. The Kier molecular flexibility index (Phi) is 23.6. The van der Waals surface area contributed by atoms with Gasteiger partial charge >= 0.3 is 42.2 Å². The Balaban J connectivity index is 1.42. The summed E-state index contributed by atoms with van der Waals surface area (Å²) in [5, 5.41) is 10.7. The molecule has 354 valence electrons. The molecule has 7 atom stereocenters. The number of rotatable bonds is 27. The van der Waals surface area contributed by atoms with Crippen LogP contribution in [0.3, 0.4) is 0 Å². The first-order chi connectivity index (χ1) is 30.2. The van der Waals surface area contributed by atoms with Crippen LogP contribution in [0.25, 0.3) is 0 Å². The molecule has 2 heterocycles. The van der Waals surface area contributed by atoms with E-state index in [4.69, 9.17) is 42.6 Å². The zero-order valence-corrected chi connectivity index (χ0v) is 37.2. The summed E-state index contributed by atoms with van der Waals surface area (Å²) >= 11 is 0. The summed E-state index contributed by atoms with van der Waals surface area (Å²) in [7, 11) is 1.83. The summed E-state index contributed by atoms with van der Waals surface area (Å²) in [5.74, 6) is -2.50. The lowest BCUT2D eigenvalue weighted by Gasteiger charge is -2.23. The highest BCUT2D eigenvalue weighted by molar-refractivity contribution is 5.83. The van der Waals surface area contributed by atoms with Crippen molar-refractivity contribution in [2.45, 2.75) is 129 Å². The molecule has 0 spiro atoms. The highest BCUT2D eigenvalue weighted by Gasteiger charge is 2.52. The van der Waals surface area contributed by atoms with Crippen LogP contribution in [0, 0.1) is 11.8 Å². The van der Waals surface area contributed by atoms with Gasteiger partial charge in [0, 0.05) is 19.8 Å². The van der Waals surface area contributed by atoms with Crippen LogP contribution in [0.4, 0.5) is 14.4 Å². The first kappa shape index (κ1) is 52.1. The maximum absolute atomic E-state index is 13.4. The number of benzene rings is 1. The minimum Gasteiger partial charge on any atom is -0.466 e. The number of fused-ring (bicyclic) bond motifs is 1. The van der Waals surface area contributed by atoms with Gasteiger partial charge in [0.1, 0.15) is 36.9 Å². The molecule has 20 nitrogen and oxygen atoms in total. The maximum Gasteiger partial charge on any atom is 0.407 e. The Labute approximate surface area is 368 Å². The summed E-state index contributed by atoms with van der Waals surface area (Å²) in [6, 6.07) is 6.16. The zero-order chi connectivity index (χ0) is 46.1. The van der Waals surface area contributed by atoms with Crippen LogP contribution in [-0.2, 0) is 68.4 Å². The Hall–Kier alpha value is -5.21. The van der Waals surface area contributed by atoms with Crippen LogP contribution in [0.5, 0.6) is 0 Å². The number of esters is 4. The Bertz CT molecular complexity index is 1600. The van der Waals surface area contributed by atoms with E-state index in [9.17, 15) is 33.6 Å². The van der Waals surface area contributed by atoms with Crippen LogP contribution < -0.4 is 21.3 Å². The van der Waals surface area contributed by atoms with Crippen molar-refractivity contribution in [3.63, 3.8) is 0 Å². The van der Waals surface area contributed by atoms with E-state index in [-0.39, 0.29) is 83.8 Å². The molecule has 0 radical (unpaired) electrons. The van der Waals surface area contributed by atoms with E-state index in [1.807, 2.05) is 65.1 Å². The Morgan fingerprint density at radius 3 is 1.51 bits per heavy atom. The average Bonchev–Trinajstić information content (AvgIpc) is 3.82. The van der Waals surface area contributed by atoms with Gasteiger partial charge in [0.25, 0.3) is 0 Å². The number of hydrogen-bond acceptors (Lipinski definition) is 17. The van der Waals surface area contributed by atoms with Gasteiger partial charge in [-0.1, -0.05) is 58.0 Å². The summed E-state index contributed by atoms with van der Waals surface area (Å²) < 4.78 is 49.0. The normalized spacial score (nSPS) is 19.2. The van der Waals surface area contributed by atoms with Crippen LogP contribution in [0.1, 0.15) is 85.1 Å². The third kappa shape index (κ3) is 20.2. The van der Waals surface area contributed by atoms with E-state index in [2.05, 4.69) is 21.3 Å². The van der Waals surface area contributed by atoms with Crippen molar-refractivity contribution in [1.82, 2.24) is 21.3 Å². The molecule has 3 amide bonds. The molecular weight excluding hydrogens is 828 g/mol. The number of hydrogen-bond donors (Lipinski definition) is 4. The van der Waals surface area contributed by atoms with Gasteiger partial charge in [0.05, 0.1) is 39.6 Å². The fourth-order valence-electron chi connectivity index (χ4n) is 6.57. The van der Waals surface area contributed by atoms with E-state index >= 15 is 0 Å². The fraction of sp³-hybridized carbons (Fsp3) is 0.698. The standard InChI is InChI=1S/C43H66N4O16/c1-27(2)22-32(46-42(53)57-19-12-18-55-29(5)48)39(50)62-34-25-59-37-35(26-60-36(34)37)63-40(51)33(23-28(3)4)47-43(54)58-21-13-20-56-41(52)45-31(16-10-11-17-44-6)38(49)61-24-30-14-8-7-9-15-30/h7-9,14-15,27-28,31-37,44H,10-13,16-26H2,1-6H3,(H,45,52)(H,46,53)(H,47,54)/t31?,32?,33?,34-,35+,36?,37?/m0/s1. The fourth-order valence-corrected chi connectivity index (χ4v) is 6.57. The van der Waals surface area contributed by atoms with E-state index in [1.54, 1.807) is 0 Å². The second kappa shape index (κ2) is 28.5. The average molecular weight is 895 g/mol. The van der Waals surface area contributed by atoms with Crippen molar-refractivity contribution in [1.29, 1.82) is 0 Å². The van der Waals surface area contributed by atoms with E-state index in [1.165, 1.54) is 6.92 Å². The molecule has 4 N–H and O–H groups in total. The molecule has 3 rings (SSSR count). The number of nitrogens with one attached hydrogen (secondary N) is 4. The second-order valence-electron chi connectivity index (χ2n) is 16.0. The molecule has 5 unspecified atom stereocenters. The molecule has 1 aromatic rings. The van der Waals surface area contributed by atoms with Crippen molar-refractivity contribution < 1.29 is 76.2 Å². The smallest absolute Gasteiger partial charge is 0.407 e. The third-order valence-electron chi connectivity index (χ3n) is 9.62. The van der Waals surface area contributed by atoms with Crippen LogP contribution in [0.2, 0.25) is 0 Å². The predicted octanol–water partition coefficient (Wildman–Crippen LogP) is 3.46. The first-order valence-electron chi connectivity index (χ1n) is 21.6. The van der Waals surface area contributed by atoms with Crippen LogP contribution in [-0.4, -0.2) is 138 Å². The number of carbonyl (C=O) groups is 7. The van der Waals surface area contributed by atoms with Gasteiger partial charge in [-0.2, -0.15) is 0 Å². The summed E-state index contributed by atoms with van der Waals surface area (Å²) in [6.07, 6.45) is -3.07. The molecular formula is C43H66N4O16. The summed E-state index contributed by atoms with van der Waals surface area (Å²) in [4.78, 5) is 88.1. The van der Waals surface area contributed by atoms with Crippen molar-refractivity contribution >= 4 is 42.2 Å². The summed E-state index contributed by atoms with van der Waals surface area (Å²) in [5.41, 5.74) is 0.812. The molecule has 20 heteroatoms. The number of amides is 3. The molecule has 0 aliphatic carbocycles. The third-order valence-corrected chi connectivity index (χ3v) is 9.62. The zero-order valence-electron chi connectivity index (χ0n) is 37.2. The molecule has 1 aromatic carbocycles. The van der Waals surface area contributed by atoms with Gasteiger partial charge in [-0.3, -0.25) is 4.79 Å². The van der Waals surface area contributed by atoms with Gasteiger partial charge in [-0.15, -0.1) is 0 Å². The van der Waals surface area contributed by atoms with Crippen molar-refractivity contribution in [3.05, 3.63) is 35.9 Å². The Morgan fingerprint density at radius 2 is 1.06 bits per heavy atom. The Morgan fingerprint density at radius 1 is 0.603 bits per heavy atom. The van der Waals surface area contributed by atoms with E-state index in [0.29, 0.717) is 12.8 Å². The largest absolute Gasteiger partial charge is 0.466 e. The van der Waals surface area contributed by atoms with E-state index < -0.39 is 84.7 Å². The molecule has 0 aromatic heterocycles. The number of ether oxygens (including phenoxy) is 9. The minimum atomic E-state index is -1.08. The lowest BCUT2D eigenvalue weighted by Crippen LogP contribution is -2.46. The number of carbonyl (C=O) groups excluding carboxylic acids is 7. The lowest BCUT2D eigenvalue weighted by atomic mass is 10.0. The van der Waals surface area contributed by atoms with Gasteiger partial charge in [-0.05, 0) is 63.1 Å². The maximum atomic E-state index is 13.4. The topological polar surface area (TPSA) is 251 Å². The SMILES string of the molecule is CNCCCCC(NC(=O)OCCCOC(=O)NC(CC(C)C)C(=O)O[C@@H]1COC2C1OC[C@@H]2OC(=O)C(CC(C)C)NC(=O)OCCCOC(C)=O)C(=O)OCc1ccccc1. The highest BCUT2D eigenvalue weighted by atomic mass is 16.7. The highest BCUT2D eigenvalue weighted by Crippen LogP contribution is 2.31.